The Morgan fingerprint density at radius 3 is 2.44 bits per heavy atom. The first-order valence-corrected chi connectivity index (χ1v) is 5.83. The Bertz CT molecular complexity index is 482. The molecule has 2 nitrogen and oxygen atoms in total. The molecule has 0 N–H and O–H groups in total. The highest BCUT2D eigenvalue weighted by Gasteiger charge is 2.09. The number of hydrogen-bond acceptors (Lipinski definition) is 1. The Balaban J connectivity index is 0.000000606. The number of benzene rings is 1. The van der Waals surface area contributed by atoms with Gasteiger partial charge in [-0.2, -0.15) is 0 Å². The summed E-state index contributed by atoms with van der Waals surface area (Å²) in [5, 5.41) is 1.06. The maximum absolute atomic E-state index is 11.4. The van der Waals surface area contributed by atoms with Crippen molar-refractivity contribution >= 4 is 16.7 Å². The number of aromatic nitrogens is 1. The zero-order valence-electron chi connectivity index (χ0n) is 10.4. The van der Waals surface area contributed by atoms with Crippen LogP contribution in [-0.4, -0.2) is 10.4 Å². The molecule has 2 heteroatoms. The number of nitrogens with zero attached hydrogens (tertiary/aromatic N) is 1. The van der Waals surface area contributed by atoms with Crippen LogP contribution in [0.5, 0.6) is 0 Å². The molecule has 0 aliphatic carbocycles. The van der Waals surface area contributed by atoms with Crippen LogP contribution in [-0.2, 0) is 6.54 Å². The third kappa shape index (κ3) is 2.16. The summed E-state index contributed by atoms with van der Waals surface area (Å²) in [5.74, 6) is 0.133. The molecule has 1 aromatic carbocycles. The zero-order valence-corrected chi connectivity index (χ0v) is 10.4. The number of rotatable bonds is 2. The second-order valence-electron chi connectivity index (χ2n) is 3.40. The van der Waals surface area contributed by atoms with Gasteiger partial charge in [0.2, 0.25) is 0 Å². The van der Waals surface area contributed by atoms with Gasteiger partial charge in [-0.1, -0.05) is 32.0 Å². The van der Waals surface area contributed by atoms with Gasteiger partial charge in [-0.25, -0.2) is 0 Å². The van der Waals surface area contributed by atoms with E-state index in [1.165, 1.54) is 0 Å². The van der Waals surface area contributed by atoms with Crippen LogP contribution in [0.3, 0.4) is 0 Å². The quantitative estimate of drug-likeness (QED) is 0.699. The van der Waals surface area contributed by atoms with Crippen molar-refractivity contribution in [1.82, 2.24) is 4.57 Å². The molecule has 1 heterocycles. The van der Waals surface area contributed by atoms with E-state index in [4.69, 9.17) is 0 Å². The summed E-state index contributed by atoms with van der Waals surface area (Å²) in [6.45, 7) is 8.59. The lowest BCUT2D eigenvalue weighted by atomic mass is 10.1. The maximum Gasteiger partial charge on any atom is 0.161 e. The molecule has 0 fully saturated rings. The highest BCUT2D eigenvalue weighted by atomic mass is 16.1. The third-order valence-corrected chi connectivity index (χ3v) is 2.51. The van der Waals surface area contributed by atoms with Gasteiger partial charge in [0.1, 0.15) is 0 Å². The van der Waals surface area contributed by atoms with Crippen LogP contribution in [0.4, 0.5) is 0 Å². The highest BCUT2D eigenvalue weighted by molar-refractivity contribution is 6.06. The van der Waals surface area contributed by atoms with Gasteiger partial charge in [0.25, 0.3) is 0 Å². The fraction of sp³-hybridized carbons (Fsp3) is 0.357. The van der Waals surface area contributed by atoms with Gasteiger partial charge in [-0.15, -0.1) is 0 Å². The highest BCUT2D eigenvalue weighted by Crippen LogP contribution is 2.21. The first-order valence-electron chi connectivity index (χ1n) is 5.83. The standard InChI is InChI=1S/C12H13NO.C2H6/c1-3-13-8-11(9(2)14)10-6-4-5-7-12(10)13;1-2/h4-8H,3H2,1-2H3;1-2H3. The lowest BCUT2D eigenvalue weighted by Crippen LogP contribution is -1.91. The van der Waals surface area contributed by atoms with Crippen molar-refractivity contribution in [2.45, 2.75) is 34.2 Å². The van der Waals surface area contributed by atoms with E-state index in [2.05, 4.69) is 11.5 Å². The molecular weight excluding hydrogens is 198 g/mol. The summed E-state index contributed by atoms with van der Waals surface area (Å²) in [4.78, 5) is 11.4. The first kappa shape index (κ1) is 12.5. The summed E-state index contributed by atoms with van der Waals surface area (Å²) in [6, 6.07) is 8.01. The van der Waals surface area contributed by atoms with Crippen molar-refractivity contribution < 1.29 is 4.79 Å². The largest absolute Gasteiger partial charge is 0.347 e. The van der Waals surface area contributed by atoms with Gasteiger partial charge in [-0.3, -0.25) is 4.79 Å². The monoisotopic (exact) mass is 217 g/mol. The second kappa shape index (κ2) is 5.50. The second-order valence-corrected chi connectivity index (χ2v) is 3.40. The number of fused-ring (bicyclic) bond motifs is 1. The van der Waals surface area contributed by atoms with Gasteiger partial charge < -0.3 is 4.57 Å². The fourth-order valence-electron chi connectivity index (χ4n) is 1.79. The van der Waals surface area contributed by atoms with Crippen LogP contribution in [0.15, 0.2) is 30.5 Å². The van der Waals surface area contributed by atoms with E-state index >= 15 is 0 Å². The Hall–Kier alpha value is -1.57. The van der Waals surface area contributed by atoms with Crippen LogP contribution in [0.2, 0.25) is 0 Å². The number of aryl methyl sites for hydroxylation is 1. The molecule has 0 unspecified atom stereocenters. The fourth-order valence-corrected chi connectivity index (χ4v) is 1.79. The van der Waals surface area contributed by atoms with Gasteiger partial charge in [-0.05, 0) is 19.9 Å². The van der Waals surface area contributed by atoms with E-state index in [9.17, 15) is 4.79 Å². The average Bonchev–Trinajstić information content (AvgIpc) is 2.70. The molecule has 0 saturated heterocycles. The van der Waals surface area contributed by atoms with Gasteiger partial charge in [0.15, 0.2) is 5.78 Å². The smallest absolute Gasteiger partial charge is 0.161 e. The lowest BCUT2D eigenvalue weighted by molar-refractivity contribution is 0.101. The SMILES string of the molecule is CC.CCn1cc(C(C)=O)c2ccccc21. The van der Waals surface area contributed by atoms with E-state index < -0.39 is 0 Å². The van der Waals surface area contributed by atoms with Gasteiger partial charge in [0.05, 0.1) is 0 Å². The molecule has 0 atom stereocenters. The van der Waals surface area contributed by atoms with Crippen LogP contribution in [0.1, 0.15) is 38.1 Å². The predicted octanol–water partition coefficient (Wildman–Crippen LogP) is 3.89. The molecule has 0 aliphatic rings. The number of carbonyl (C=O) groups excluding carboxylic acids is 1. The minimum absolute atomic E-state index is 0.133. The molecular formula is C14H19NO. The summed E-state index contributed by atoms with van der Waals surface area (Å²) in [5.41, 5.74) is 1.96. The third-order valence-electron chi connectivity index (χ3n) is 2.51. The molecule has 0 spiro atoms. The minimum Gasteiger partial charge on any atom is -0.347 e. The molecule has 2 aromatic rings. The number of para-hydroxylation sites is 1. The minimum atomic E-state index is 0.133. The van der Waals surface area contributed by atoms with E-state index in [1.54, 1.807) is 6.92 Å². The van der Waals surface area contributed by atoms with E-state index in [0.717, 1.165) is 23.0 Å². The average molecular weight is 217 g/mol. The Kier molecular flexibility index (Phi) is 4.29. The maximum atomic E-state index is 11.4. The van der Waals surface area contributed by atoms with E-state index in [0.29, 0.717) is 0 Å². The van der Waals surface area contributed by atoms with Crippen molar-refractivity contribution in [2.75, 3.05) is 0 Å². The molecule has 1 aromatic heterocycles. The number of carbonyl (C=O) groups is 1. The normalized spacial score (nSPS) is 9.75. The van der Waals surface area contributed by atoms with Crippen molar-refractivity contribution in [2.24, 2.45) is 0 Å². The Morgan fingerprint density at radius 2 is 1.88 bits per heavy atom. The van der Waals surface area contributed by atoms with E-state index in [1.807, 2.05) is 44.3 Å². The molecule has 16 heavy (non-hydrogen) atoms. The first-order chi connectivity index (χ1) is 7.74. The van der Waals surface area contributed by atoms with E-state index in [-0.39, 0.29) is 5.78 Å². The molecule has 2 rings (SSSR count). The molecule has 0 amide bonds. The van der Waals surface area contributed by atoms with Crippen LogP contribution < -0.4 is 0 Å². The predicted molar refractivity (Wildman–Crippen MR) is 69.0 cm³/mol. The lowest BCUT2D eigenvalue weighted by Gasteiger charge is -1.97. The van der Waals surface area contributed by atoms with Crippen molar-refractivity contribution in [3.8, 4) is 0 Å². The topological polar surface area (TPSA) is 22.0 Å². The van der Waals surface area contributed by atoms with Gasteiger partial charge in [0, 0.05) is 29.2 Å². The van der Waals surface area contributed by atoms with Crippen molar-refractivity contribution in [3.05, 3.63) is 36.0 Å². The summed E-state index contributed by atoms with van der Waals surface area (Å²) >= 11 is 0. The van der Waals surface area contributed by atoms with Crippen molar-refractivity contribution in [1.29, 1.82) is 0 Å². The zero-order chi connectivity index (χ0) is 12.1. The van der Waals surface area contributed by atoms with Crippen molar-refractivity contribution in [3.63, 3.8) is 0 Å². The summed E-state index contributed by atoms with van der Waals surface area (Å²) in [7, 11) is 0. The Morgan fingerprint density at radius 1 is 1.25 bits per heavy atom. The summed E-state index contributed by atoms with van der Waals surface area (Å²) < 4.78 is 2.10. The number of hydrogen-bond donors (Lipinski definition) is 0. The molecule has 0 radical (unpaired) electrons. The Labute approximate surface area is 96.9 Å². The van der Waals surface area contributed by atoms with Crippen LogP contribution in [0.25, 0.3) is 10.9 Å². The molecule has 86 valence electrons. The van der Waals surface area contributed by atoms with Crippen LogP contribution in [0, 0.1) is 0 Å². The summed E-state index contributed by atoms with van der Waals surface area (Å²) in [6.07, 6.45) is 1.94. The molecule has 0 saturated carbocycles. The number of ketones is 1. The van der Waals surface area contributed by atoms with Gasteiger partial charge >= 0.3 is 0 Å². The molecule has 0 aliphatic heterocycles. The molecule has 0 bridgehead atoms. The number of Topliss-reactive ketones (excluding diaryl/α,β-unsaturated/α-hetero) is 1. The van der Waals surface area contributed by atoms with Crippen LogP contribution >= 0.6 is 0 Å².